The minimum atomic E-state index is -3.97. The number of methoxy groups -OCH3 is 1. The number of benzene rings is 2. The number of likely N-dealkylation sites (tertiary alicyclic amines) is 1. The van der Waals surface area contributed by atoms with Gasteiger partial charge in [-0.1, -0.05) is 25.3 Å². The van der Waals surface area contributed by atoms with Crippen LogP contribution in [-0.2, 0) is 21.5 Å². The van der Waals surface area contributed by atoms with Gasteiger partial charge in [0.15, 0.2) is 0 Å². The third-order valence-electron chi connectivity index (χ3n) is 11.8. The Balaban J connectivity index is 1.31. The van der Waals surface area contributed by atoms with Crippen LogP contribution in [0.4, 0.5) is 0 Å². The van der Waals surface area contributed by atoms with Crippen LogP contribution in [0.3, 0.4) is 0 Å². The van der Waals surface area contributed by atoms with E-state index in [1.165, 1.54) is 37.4 Å². The standard InChI is InChI=1S/C35H43N5O5S/c1-36-46(43,44)37-33(41)22-9-13-27-30(15-22)40-20-35(34(42)39-18-23-10-11-24(19-39)38(23)2)17-29(35)28-16-25(45-3)12-14-26(28)32(40)31(27)21-7-5-4-6-8-21/h9,12-16,21,23-24,29,36H,4-8,10-11,17-20H2,1-3H3,(H,37,41). The molecule has 2 amide bonds. The van der Waals surface area contributed by atoms with Crippen molar-refractivity contribution in [2.75, 3.05) is 34.3 Å². The van der Waals surface area contributed by atoms with Crippen molar-refractivity contribution >= 4 is 32.9 Å². The summed E-state index contributed by atoms with van der Waals surface area (Å²) in [6, 6.07) is 12.7. The normalized spacial score (nSPS) is 27.5. The van der Waals surface area contributed by atoms with Crippen LogP contribution < -0.4 is 14.2 Å². The van der Waals surface area contributed by atoms with Gasteiger partial charge in [0.1, 0.15) is 5.75 Å². The highest BCUT2D eigenvalue weighted by Gasteiger charge is 2.64. The molecule has 46 heavy (non-hydrogen) atoms. The van der Waals surface area contributed by atoms with Gasteiger partial charge in [0.2, 0.25) is 5.91 Å². The summed E-state index contributed by atoms with van der Waals surface area (Å²) in [7, 11) is 1.18. The molecule has 1 aromatic heterocycles. The summed E-state index contributed by atoms with van der Waals surface area (Å²) in [6.45, 7) is 2.05. The Morgan fingerprint density at radius 1 is 0.978 bits per heavy atom. The molecule has 11 heteroatoms. The summed E-state index contributed by atoms with van der Waals surface area (Å²) in [6.07, 6.45) is 8.80. The molecular formula is C35H43N5O5S. The van der Waals surface area contributed by atoms with Crippen molar-refractivity contribution < 1.29 is 22.7 Å². The lowest BCUT2D eigenvalue weighted by Gasteiger charge is -2.40. The number of nitrogens with one attached hydrogen (secondary N) is 2. The van der Waals surface area contributed by atoms with Crippen LogP contribution in [0.2, 0.25) is 0 Å². The lowest BCUT2D eigenvalue weighted by atomic mass is 9.81. The third kappa shape index (κ3) is 4.60. The van der Waals surface area contributed by atoms with Gasteiger partial charge in [0.05, 0.1) is 18.2 Å². The first kappa shape index (κ1) is 30.0. The van der Waals surface area contributed by atoms with Crippen LogP contribution in [0.1, 0.15) is 84.7 Å². The number of fused-ring (bicyclic) bond motifs is 9. The fraction of sp³-hybridized carbons (Fsp3) is 0.543. The Labute approximate surface area is 270 Å². The summed E-state index contributed by atoms with van der Waals surface area (Å²) >= 11 is 0. The molecule has 4 unspecified atom stereocenters. The number of nitrogens with zero attached hydrogens (tertiary/aromatic N) is 3. The van der Waals surface area contributed by atoms with E-state index >= 15 is 0 Å². The van der Waals surface area contributed by atoms with Crippen LogP contribution in [0.25, 0.3) is 22.2 Å². The van der Waals surface area contributed by atoms with Crippen molar-refractivity contribution in [3.8, 4) is 17.0 Å². The van der Waals surface area contributed by atoms with Crippen molar-refractivity contribution in [3.63, 3.8) is 0 Å². The number of aromatic nitrogens is 1. The second kappa shape index (κ2) is 10.8. The molecule has 2 N–H and O–H groups in total. The number of carbonyl (C=O) groups excluding carboxylic acids is 2. The summed E-state index contributed by atoms with van der Waals surface area (Å²) in [5.74, 6) is 0.773. The molecule has 2 bridgehead atoms. The highest BCUT2D eigenvalue weighted by Crippen LogP contribution is 2.66. The zero-order chi connectivity index (χ0) is 32.0. The van der Waals surface area contributed by atoms with E-state index in [1.54, 1.807) is 13.2 Å². The van der Waals surface area contributed by atoms with E-state index in [0.717, 1.165) is 73.1 Å². The van der Waals surface area contributed by atoms with E-state index < -0.39 is 21.5 Å². The van der Waals surface area contributed by atoms with Gasteiger partial charge in [-0.05, 0) is 86.5 Å². The van der Waals surface area contributed by atoms with E-state index in [4.69, 9.17) is 4.74 Å². The van der Waals surface area contributed by atoms with Crippen molar-refractivity contribution in [1.29, 1.82) is 0 Å². The first-order valence-corrected chi connectivity index (χ1v) is 18.2. The molecule has 3 aliphatic heterocycles. The number of carbonyl (C=O) groups is 2. The van der Waals surface area contributed by atoms with E-state index in [0.29, 0.717) is 24.5 Å². The zero-order valence-electron chi connectivity index (χ0n) is 26.8. The van der Waals surface area contributed by atoms with Crippen molar-refractivity contribution in [2.24, 2.45) is 5.41 Å². The highest BCUT2D eigenvalue weighted by atomic mass is 32.2. The van der Waals surface area contributed by atoms with Gasteiger partial charge in [-0.15, -0.1) is 0 Å². The number of amides is 2. The molecule has 4 heterocycles. The first-order valence-electron chi connectivity index (χ1n) is 16.8. The van der Waals surface area contributed by atoms with Crippen LogP contribution in [-0.4, -0.2) is 81.0 Å². The summed E-state index contributed by atoms with van der Waals surface area (Å²) in [4.78, 5) is 32.6. The first-order chi connectivity index (χ1) is 22.1. The van der Waals surface area contributed by atoms with E-state index in [2.05, 4.69) is 43.0 Å². The van der Waals surface area contributed by atoms with Crippen LogP contribution in [0.5, 0.6) is 5.75 Å². The Bertz CT molecular complexity index is 1850. The maximum absolute atomic E-state index is 14.8. The molecule has 4 atom stereocenters. The highest BCUT2D eigenvalue weighted by molar-refractivity contribution is 7.88. The predicted octanol–water partition coefficient (Wildman–Crippen LogP) is 4.35. The average molecular weight is 646 g/mol. The van der Waals surface area contributed by atoms with Gasteiger partial charge in [0, 0.05) is 66.7 Å². The smallest absolute Gasteiger partial charge is 0.301 e. The van der Waals surface area contributed by atoms with E-state index in [9.17, 15) is 18.0 Å². The molecule has 4 fully saturated rings. The van der Waals surface area contributed by atoms with Gasteiger partial charge in [-0.3, -0.25) is 14.5 Å². The fourth-order valence-electron chi connectivity index (χ4n) is 9.25. The summed E-state index contributed by atoms with van der Waals surface area (Å²) in [5.41, 5.74) is 5.29. The fourth-order valence-corrected chi connectivity index (χ4v) is 9.71. The lowest BCUT2D eigenvalue weighted by Crippen LogP contribution is -2.55. The molecule has 10 nitrogen and oxygen atoms in total. The topological polar surface area (TPSA) is 113 Å². The summed E-state index contributed by atoms with van der Waals surface area (Å²) < 4.78 is 36.7. The Hall–Kier alpha value is -3.41. The molecule has 2 saturated heterocycles. The zero-order valence-corrected chi connectivity index (χ0v) is 27.7. The van der Waals surface area contributed by atoms with Gasteiger partial charge in [-0.25, -0.2) is 9.44 Å². The number of hydrogen-bond acceptors (Lipinski definition) is 6. The van der Waals surface area contributed by atoms with Crippen molar-refractivity contribution in [1.82, 2.24) is 23.8 Å². The molecule has 5 aliphatic rings. The molecule has 244 valence electrons. The number of hydrogen-bond donors (Lipinski definition) is 2. The lowest BCUT2D eigenvalue weighted by molar-refractivity contribution is -0.141. The minimum Gasteiger partial charge on any atom is -0.497 e. The van der Waals surface area contributed by atoms with E-state index in [-0.39, 0.29) is 17.4 Å². The van der Waals surface area contributed by atoms with Crippen LogP contribution in [0.15, 0.2) is 36.4 Å². The number of rotatable bonds is 6. The van der Waals surface area contributed by atoms with Crippen molar-refractivity contribution in [3.05, 3.63) is 53.1 Å². The number of likely N-dealkylation sites (N-methyl/N-ethyl adjacent to an activating group) is 1. The van der Waals surface area contributed by atoms with Gasteiger partial charge >= 0.3 is 10.2 Å². The van der Waals surface area contributed by atoms with Crippen LogP contribution >= 0.6 is 0 Å². The Kier molecular flexibility index (Phi) is 7.04. The Morgan fingerprint density at radius 3 is 2.41 bits per heavy atom. The largest absolute Gasteiger partial charge is 0.497 e. The second-order valence-corrected chi connectivity index (χ2v) is 15.8. The van der Waals surface area contributed by atoms with Gasteiger partial charge in [0.25, 0.3) is 5.91 Å². The maximum atomic E-state index is 14.8. The van der Waals surface area contributed by atoms with Crippen molar-refractivity contribution in [2.45, 2.75) is 81.8 Å². The average Bonchev–Trinajstić information content (AvgIpc) is 3.69. The molecule has 0 spiro atoms. The Morgan fingerprint density at radius 2 is 1.72 bits per heavy atom. The molecule has 0 radical (unpaired) electrons. The third-order valence-corrected chi connectivity index (χ3v) is 12.8. The molecule has 2 aromatic carbocycles. The van der Waals surface area contributed by atoms with Gasteiger partial charge < -0.3 is 14.2 Å². The molecular weight excluding hydrogens is 602 g/mol. The minimum absolute atomic E-state index is 0.0730. The SMILES string of the molecule is CNS(=O)(=O)NC(=O)c1ccc2c(C3CCCCC3)c3n(c2c1)CC1(C(=O)N2CC4CCC(C2)N4C)CC1c1cc(OC)ccc1-3. The molecule has 2 aliphatic carbocycles. The summed E-state index contributed by atoms with van der Waals surface area (Å²) in [5, 5.41) is 1.08. The maximum Gasteiger partial charge on any atom is 0.301 e. The monoisotopic (exact) mass is 645 g/mol. The predicted molar refractivity (Wildman–Crippen MR) is 176 cm³/mol. The molecule has 3 aromatic rings. The van der Waals surface area contributed by atoms with Crippen LogP contribution in [0, 0.1) is 5.41 Å². The second-order valence-electron chi connectivity index (χ2n) is 14.2. The molecule has 8 rings (SSSR count). The van der Waals surface area contributed by atoms with E-state index in [1.807, 2.05) is 18.2 Å². The molecule has 2 saturated carbocycles. The van der Waals surface area contributed by atoms with Gasteiger partial charge in [-0.2, -0.15) is 8.42 Å². The number of ether oxygens (including phenoxy) is 1. The number of piperazine rings is 1. The quantitative estimate of drug-likeness (QED) is 0.412.